The fourth-order valence-electron chi connectivity index (χ4n) is 9.58. The summed E-state index contributed by atoms with van der Waals surface area (Å²) in [5, 5.41) is 14.6. The van der Waals surface area contributed by atoms with E-state index >= 15 is 0 Å². The number of aromatic nitrogens is 2. The molecule has 0 radical (unpaired) electrons. The van der Waals surface area contributed by atoms with E-state index in [2.05, 4.69) is 81.2 Å². The number of hydrogen-bond donors (Lipinski definition) is 4. The van der Waals surface area contributed by atoms with E-state index in [9.17, 15) is 24.0 Å². The molecule has 3 fully saturated rings. The van der Waals surface area contributed by atoms with Gasteiger partial charge in [0.25, 0.3) is 5.91 Å². The molecule has 3 saturated heterocycles. The molecular weight excluding hydrogens is 853 g/mol. The fraction of sp³-hybridized carbons (Fsp3) is 0.436. The van der Waals surface area contributed by atoms with Gasteiger partial charge in [-0.1, -0.05) is 73.9 Å². The molecule has 5 aromatic rings. The molecule has 3 amide bonds. The van der Waals surface area contributed by atoms with Gasteiger partial charge in [0.2, 0.25) is 12.3 Å². The maximum absolute atomic E-state index is 13.2. The third kappa shape index (κ3) is 11.9. The zero-order valence-corrected chi connectivity index (χ0v) is 39.8. The Labute approximate surface area is 400 Å². The molecule has 1 unspecified atom stereocenters. The number of rotatable bonds is 16. The first-order valence-electron chi connectivity index (χ1n) is 24.3. The number of amides is 3. The molecular formula is C55H66N8O5. The fourth-order valence-corrected chi connectivity index (χ4v) is 9.58. The quantitative estimate of drug-likeness (QED) is 0.0510. The number of anilines is 1. The van der Waals surface area contributed by atoms with E-state index in [1.165, 1.54) is 37.4 Å². The summed E-state index contributed by atoms with van der Waals surface area (Å²) in [6.07, 6.45) is 15.8. The molecule has 0 saturated carbocycles. The second kappa shape index (κ2) is 23.9. The molecule has 68 heavy (non-hydrogen) atoms. The van der Waals surface area contributed by atoms with Gasteiger partial charge in [-0.15, -0.1) is 6.42 Å². The Hall–Kier alpha value is -6.67. The average Bonchev–Trinajstić information content (AvgIpc) is 3.61. The lowest BCUT2D eigenvalue weighted by molar-refractivity contribution is -0.124. The van der Waals surface area contributed by atoms with Crippen LogP contribution in [0.3, 0.4) is 0 Å². The molecule has 356 valence electrons. The first-order valence-corrected chi connectivity index (χ1v) is 24.3. The Morgan fingerprint density at radius 1 is 0.897 bits per heavy atom. The predicted molar refractivity (Wildman–Crippen MR) is 271 cm³/mol. The summed E-state index contributed by atoms with van der Waals surface area (Å²) < 4.78 is 3.03. The van der Waals surface area contributed by atoms with Crippen LogP contribution in [0, 0.1) is 30.1 Å². The summed E-state index contributed by atoms with van der Waals surface area (Å²) in [7, 11) is 3.22. The van der Waals surface area contributed by atoms with Crippen LogP contribution < -0.4 is 27.0 Å². The van der Waals surface area contributed by atoms with Crippen molar-refractivity contribution in [2.24, 2.45) is 13.0 Å². The van der Waals surface area contributed by atoms with Crippen LogP contribution in [0.2, 0.25) is 0 Å². The standard InChI is InChI=1S/C35H40N4O.C20H26N4O4/c1-3-5-8-19-39-20-17-26(18-21-39)11-12-28-13-14-29(33-10-7-6-9-32(28)33)23-37-35(40)34-22-30(16-15-27(34)4-2)38-31-24-36-25-31;1-21-19(27)17(4-3-11-25)24-16-6-5-15(12-18(16)22(2)20(24)28)14-7-9-23(13-26)10-8-14/h2,6-7,9-10,13-16,22,26,31,36,38H,3,5,8,17-21,23-25H2,1H3,(H,37,40);5-6,11-14,17H,3-4,7-10H2,1-2H3,(H,21,27). The number of benzene rings is 4. The molecule has 4 aromatic carbocycles. The number of hydrogen-bond acceptors (Lipinski definition) is 8. The van der Waals surface area contributed by atoms with Crippen molar-refractivity contribution < 1.29 is 19.2 Å². The van der Waals surface area contributed by atoms with Crippen LogP contribution in [0.15, 0.2) is 77.6 Å². The Morgan fingerprint density at radius 3 is 2.32 bits per heavy atom. The van der Waals surface area contributed by atoms with Gasteiger partial charge in [-0.2, -0.15) is 0 Å². The lowest BCUT2D eigenvalue weighted by atomic mass is 9.89. The number of carbonyl (C=O) groups is 4. The van der Waals surface area contributed by atoms with Crippen molar-refractivity contribution in [1.82, 2.24) is 34.9 Å². The van der Waals surface area contributed by atoms with Crippen molar-refractivity contribution in [3.63, 3.8) is 0 Å². The van der Waals surface area contributed by atoms with Crippen molar-refractivity contribution in [2.75, 3.05) is 58.2 Å². The van der Waals surface area contributed by atoms with E-state index in [1.807, 2.05) is 42.5 Å². The highest BCUT2D eigenvalue weighted by molar-refractivity contribution is 5.98. The minimum atomic E-state index is -0.729. The Kier molecular flexibility index (Phi) is 17.3. The number of terminal acetylenes is 1. The number of likely N-dealkylation sites (N-methyl/N-ethyl adjacent to an activating group) is 1. The first kappa shape index (κ1) is 49.2. The maximum atomic E-state index is 13.2. The van der Waals surface area contributed by atoms with E-state index in [1.54, 1.807) is 16.5 Å². The molecule has 0 spiro atoms. The number of imidazole rings is 1. The lowest BCUT2D eigenvalue weighted by Crippen LogP contribution is -2.51. The topological polar surface area (TPSA) is 150 Å². The van der Waals surface area contributed by atoms with Crippen LogP contribution in [0.4, 0.5) is 5.69 Å². The van der Waals surface area contributed by atoms with Gasteiger partial charge in [-0.3, -0.25) is 23.5 Å². The summed E-state index contributed by atoms with van der Waals surface area (Å²) in [6, 6.07) is 23.7. The summed E-state index contributed by atoms with van der Waals surface area (Å²) >= 11 is 0. The number of piperidine rings is 2. The second-order valence-corrected chi connectivity index (χ2v) is 18.2. The molecule has 8 rings (SSSR count). The van der Waals surface area contributed by atoms with E-state index in [0.717, 1.165) is 116 Å². The van der Waals surface area contributed by atoms with Gasteiger partial charge in [-0.05, 0) is 122 Å². The highest BCUT2D eigenvalue weighted by Crippen LogP contribution is 2.31. The van der Waals surface area contributed by atoms with Crippen LogP contribution in [0.5, 0.6) is 0 Å². The molecule has 1 aromatic heterocycles. The number of unbranched alkanes of at least 4 members (excludes halogenated alkanes) is 2. The van der Waals surface area contributed by atoms with Crippen molar-refractivity contribution in [3.8, 4) is 24.2 Å². The largest absolute Gasteiger partial charge is 0.380 e. The van der Waals surface area contributed by atoms with Crippen molar-refractivity contribution in [3.05, 3.63) is 111 Å². The zero-order valence-electron chi connectivity index (χ0n) is 39.8. The number of fused-ring (bicyclic) bond motifs is 2. The van der Waals surface area contributed by atoms with Crippen LogP contribution in [-0.2, 0) is 28.0 Å². The van der Waals surface area contributed by atoms with Crippen LogP contribution in [-0.4, -0.2) is 102 Å². The molecule has 0 bridgehead atoms. The van der Waals surface area contributed by atoms with E-state index in [4.69, 9.17) is 6.42 Å². The summed E-state index contributed by atoms with van der Waals surface area (Å²) in [5.74, 6) is 10.1. The summed E-state index contributed by atoms with van der Waals surface area (Å²) in [4.78, 5) is 64.6. The predicted octanol–water partition coefficient (Wildman–Crippen LogP) is 6.33. The van der Waals surface area contributed by atoms with Crippen LogP contribution in [0.25, 0.3) is 21.8 Å². The van der Waals surface area contributed by atoms with Crippen molar-refractivity contribution >= 4 is 52.0 Å². The first-order chi connectivity index (χ1) is 33.2. The SMILES string of the molecule is C#Cc1ccc(NC2CNC2)cc1C(=O)NCc1ccc(C#CC2CCN(CCCCC)CC2)c2ccccc12.CNC(=O)C(CCC=O)n1c(=O)n(C)c2cc(C3CCN(C=O)CC3)ccc21. The molecule has 0 aliphatic carbocycles. The number of nitrogens with zero attached hydrogens (tertiary/aromatic N) is 4. The van der Waals surface area contributed by atoms with E-state index in [-0.39, 0.29) is 30.3 Å². The van der Waals surface area contributed by atoms with Crippen molar-refractivity contribution in [1.29, 1.82) is 0 Å². The number of carbonyl (C=O) groups excluding carboxylic acids is 4. The highest BCUT2D eigenvalue weighted by Gasteiger charge is 2.27. The van der Waals surface area contributed by atoms with Crippen LogP contribution in [0.1, 0.15) is 109 Å². The van der Waals surface area contributed by atoms with Gasteiger partial charge < -0.3 is 35.9 Å². The highest BCUT2D eigenvalue weighted by atomic mass is 16.2. The van der Waals surface area contributed by atoms with Gasteiger partial charge >= 0.3 is 5.69 Å². The smallest absolute Gasteiger partial charge is 0.329 e. The molecule has 13 nitrogen and oxygen atoms in total. The van der Waals surface area contributed by atoms with E-state index < -0.39 is 6.04 Å². The monoisotopic (exact) mass is 919 g/mol. The Balaban J connectivity index is 0.000000215. The third-order valence-electron chi connectivity index (χ3n) is 13.8. The van der Waals surface area contributed by atoms with Gasteiger partial charge in [0.05, 0.1) is 22.6 Å². The van der Waals surface area contributed by atoms with Gasteiger partial charge in [0, 0.05) is 76.0 Å². The number of aldehydes is 1. The molecule has 3 aliphatic rings. The maximum Gasteiger partial charge on any atom is 0.329 e. The van der Waals surface area contributed by atoms with Gasteiger partial charge in [-0.25, -0.2) is 4.79 Å². The Bertz CT molecular complexity index is 2740. The number of nitrogens with one attached hydrogen (secondary N) is 4. The molecule has 13 heteroatoms. The number of likely N-dealkylation sites (tertiary alicyclic amines) is 2. The lowest BCUT2D eigenvalue weighted by Gasteiger charge is -2.29. The summed E-state index contributed by atoms with van der Waals surface area (Å²) in [6.45, 7) is 9.51. The normalized spacial score (nSPS) is 16.1. The summed E-state index contributed by atoms with van der Waals surface area (Å²) in [5.41, 5.74) is 6.44. The zero-order chi connectivity index (χ0) is 48.0. The molecule has 4 N–H and O–H groups in total. The minimum Gasteiger partial charge on any atom is -0.380 e. The minimum absolute atomic E-state index is 0.169. The Morgan fingerprint density at radius 2 is 1.65 bits per heavy atom. The molecule has 3 aliphatic heterocycles. The molecule has 1 atom stereocenters. The van der Waals surface area contributed by atoms with Crippen molar-refractivity contribution in [2.45, 2.75) is 89.3 Å². The third-order valence-corrected chi connectivity index (χ3v) is 13.8. The number of aryl methyl sites for hydroxylation is 1. The average molecular weight is 919 g/mol. The van der Waals surface area contributed by atoms with Crippen LogP contribution >= 0.6 is 0 Å². The van der Waals surface area contributed by atoms with Gasteiger partial charge in [0.1, 0.15) is 12.3 Å². The second-order valence-electron chi connectivity index (χ2n) is 18.2. The van der Waals surface area contributed by atoms with E-state index in [0.29, 0.717) is 41.1 Å². The van der Waals surface area contributed by atoms with Gasteiger partial charge in [0.15, 0.2) is 0 Å². The molecule has 4 heterocycles.